The van der Waals surface area contributed by atoms with E-state index in [-0.39, 0.29) is 18.0 Å². The highest BCUT2D eigenvalue weighted by Crippen LogP contribution is 2.24. The Bertz CT molecular complexity index is 680. The molecule has 5 nitrogen and oxygen atoms in total. The van der Waals surface area contributed by atoms with E-state index in [1.54, 1.807) is 6.07 Å². The largest absolute Gasteiger partial charge is 0.333 e. The highest BCUT2D eigenvalue weighted by atomic mass is 35.5. The Labute approximate surface area is 140 Å². The van der Waals surface area contributed by atoms with E-state index in [1.165, 1.54) is 0 Å². The minimum absolute atomic E-state index is 0.0280. The van der Waals surface area contributed by atoms with Crippen LogP contribution in [-0.2, 0) is 0 Å². The molecule has 0 aliphatic carbocycles. The SMILES string of the molecule is CC(N)C1CCCCN1C(=O)c1cc(-c2ccc(Cl)cc2)n[nH]1. The molecule has 2 atom stereocenters. The Balaban J connectivity index is 1.81. The van der Waals surface area contributed by atoms with E-state index >= 15 is 0 Å². The number of nitrogens with zero attached hydrogens (tertiary/aromatic N) is 2. The average Bonchev–Trinajstić information content (AvgIpc) is 3.04. The topological polar surface area (TPSA) is 75.0 Å². The molecular weight excluding hydrogens is 312 g/mol. The lowest BCUT2D eigenvalue weighted by Gasteiger charge is -2.37. The number of carbonyl (C=O) groups is 1. The van der Waals surface area contributed by atoms with Crippen LogP contribution >= 0.6 is 11.6 Å². The van der Waals surface area contributed by atoms with Crippen molar-refractivity contribution in [3.63, 3.8) is 0 Å². The summed E-state index contributed by atoms with van der Waals surface area (Å²) in [4.78, 5) is 14.7. The van der Waals surface area contributed by atoms with Crippen molar-refractivity contribution in [1.29, 1.82) is 0 Å². The number of H-pyrrole nitrogens is 1. The van der Waals surface area contributed by atoms with Crippen LogP contribution in [0.25, 0.3) is 11.3 Å². The van der Waals surface area contributed by atoms with Gasteiger partial charge >= 0.3 is 0 Å². The first-order valence-corrected chi connectivity index (χ1v) is 8.32. The molecule has 2 unspecified atom stereocenters. The minimum atomic E-state index is -0.0297. The molecule has 0 saturated carbocycles. The fraction of sp³-hybridized carbons (Fsp3) is 0.412. The summed E-state index contributed by atoms with van der Waals surface area (Å²) < 4.78 is 0. The van der Waals surface area contributed by atoms with E-state index in [0.717, 1.165) is 37.1 Å². The van der Waals surface area contributed by atoms with Gasteiger partial charge in [-0.2, -0.15) is 5.10 Å². The summed E-state index contributed by atoms with van der Waals surface area (Å²) in [6.07, 6.45) is 3.10. The van der Waals surface area contributed by atoms with Crippen molar-refractivity contribution in [2.24, 2.45) is 5.73 Å². The zero-order chi connectivity index (χ0) is 16.4. The van der Waals surface area contributed by atoms with E-state index < -0.39 is 0 Å². The fourth-order valence-corrected chi connectivity index (χ4v) is 3.24. The van der Waals surface area contributed by atoms with Crippen LogP contribution in [0.15, 0.2) is 30.3 Å². The molecule has 1 fully saturated rings. The van der Waals surface area contributed by atoms with Crippen molar-refractivity contribution >= 4 is 17.5 Å². The quantitative estimate of drug-likeness (QED) is 0.907. The molecule has 1 aromatic carbocycles. The smallest absolute Gasteiger partial charge is 0.272 e. The first-order valence-electron chi connectivity index (χ1n) is 7.94. The third-order valence-electron chi connectivity index (χ3n) is 4.37. The third-order valence-corrected chi connectivity index (χ3v) is 4.62. The highest BCUT2D eigenvalue weighted by molar-refractivity contribution is 6.30. The summed E-state index contributed by atoms with van der Waals surface area (Å²) in [7, 11) is 0. The van der Waals surface area contributed by atoms with Crippen LogP contribution in [0.3, 0.4) is 0 Å². The van der Waals surface area contributed by atoms with Crippen molar-refractivity contribution in [3.8, 4) is 11.3 Å². The number of piperidine rings is 1. The van der Waals surface area contributed by atoms with Gasteiger partial charge in [-0.15, -0.1) is 0 Å². The first kappa shape index (κ1) is 16.0. The number of halogens is 1. The van der Waals surface area contributed by atoms with Gasteiger partial charge in [-0.3, -0.25) is 9.89 Å². The second kappa shape index (κ2) is 6.72. The third kappa shape index (κ3) is 3.41. The van der Waals surface area contributed by atoms with Gasteiger partial charge in [0, 0.05) is 29.2 Å². The molecule has 1 aliphatic heterocycles. The molecule has 2 aromatic rings. The van der Waals surface area contributed by atoms with Gasteiger partial charge in [-0.1, -0.05) is 23.7 Å². The Morgan fingerprint density at radius 3 is 2.83 bits per heavy atom. The van der Waals surface area contributed by atoms with Crippen molar-refractivity contribution in [3.05, 3.63) is 41.0 Å². The van der Waals surface area contributed by atoms with Crippen LogP contribution in [0.4, 0.5) is 0 Å². The minimum Gasteiger partial charge on any atom is -0.333 e. The van der Waals surface area contributed by atoms with E-state index in [1.807, 2.05) is 36.1 Å². The molecule has 1 aliphatic rings. The number of likely N-dealkylation sites (tertiary alicyclic amines) is 1. The number of nitrogens with two attached hydrogens (primary N) is 1. The van der Waals surface area contributed by atoms with Crippen LogP contribution in [-0.4, -0.2) is 39.6 Å². The van der Waals surface area contributed by atoms with Gasteiger partial charge in [-0.05, 0) is 44.4 Å². The maximum absolute atomic E-state index is 12.8. The lowest BCUT2D eigenvalue weighted by Crippen LogP contribution is -2.51. The van der Waals surface area contributed by atoms with E-state index in [9.17, 15) is 4.79 Å². The lowest BCUT2D eigenvalue weighted by molar-refractivity contribution is 0.0577. The number of benzene rings is 1. The molecule has 0 spiro atoms. The number of aromatic nitrogens is 2. The van der Waals surface area contributed by atoms with E-state index in [2.05, 4.69) is 10.2 Å². The lowest BCUT2D eigenvalue weighted by atomic mass is 9.96. The predicted molar refractivity (Wildman–Crippen MR) is 91.4 cm³/mol. The normalized spacial score (nSPS) is 19.6. The fourth-order valence-electron chi connectivity index (χ4n) is 3.11. The van der Waals surface area contributed by atoms with Gasteiger partial charge < -0.3 is 10.6 Å². The summed E-state index contributed by atoms with van der Waals surface area (Å²) in [5.41, 5.74) is 8.21. The zero-order valence-electron chi connectivity index (χ0n) is 13.1. The number of nitrogens with one attached hydrogen (secondary N) is 1. The van der Waals surface area contributed by atoms with Crippen LogP contribution in [0.5, 0.6) is 0 Å². The van der Waals surface area contributed by atoms with Crippen LogP contribution in [0.2, 0.25) is 5.02 Å². The standard InChI is InChI=1S/C17H21ClN4O/c1-11(19)16-4-2-3-9-22(16)17(23)15-10-14(20-21-15)12-5-7-13(18)8-6-12/h5-8,10-11,16H,2-4,9,19H2,1H3,(H,20,21). The molecule has 3 rings (SSSR count). The van der Waals surface area contributed by atoms with Gasteiger partial charge in [0.1, 0.15) is 5.69 Å². The molecule has 23 heavy (non-hydrogen) atoms. The number of hydrogen-bond acceptors (Lipinski definition) is 3. The van der Waals surface area contributed by atoms with Crippen LogP contribution < -0.4 is 5.73 Å². The molecule has 3 N–H and O–H groups in total. The maximum Gasteiger partial charge on any atom is 0.272 e. The highest BCUT2D eigenvalue weighted by Gasteiger charge is 2.30. The monoisotopic (exact) mass is 332 g/mol. The molecule has 0 radical (unpaired) electrons. The van der Waals surface area contributed by atoms with Gasteiger partial charge in [-0.25, -0.2) is 0 Å². The van der Waals surface area contributed by atoms with Gasteiger partial charge in [0.2, 0.25) is 0 Å². The van der Waals surface area contributed by atoms with Crippen molar-refractivity contribution < 1.29 is 4.79 Å². The maximum atomic E-state index is 12.8. The van der Waals surface area contributed by atoms with Crippen molar-refractivity contribution in [1.82, 2.24) is 15.1 Å². The van der Waals surface area contributed by atoms with E-state index in [4.69, 9.17) is 17.3 Å². The Kier molecular flexibility index (Phi) is 4.68. The number of rotatable bonds is 3. The Morgan fingerprint density at radius 1 is 1.39 bits per heavy atom. The van der Waals surface area contributed by atoms with Crippen LogP contribution in [0.1, 0.15) is 36.7 Å². The van der Waals surface area contributed by atoms with Crippen LogP contribution in [0, 0.1) is 0 Å². The second-order valence-electron chi connectivity index (χ2n) is 6.09. The summed E-state index contributed by atoms with van der Waals surface area (Å²) in [6.45, 7) is 2.71. The number of aromatic amines is 1. The molecule has 122 valence electrons. The second-order valence-corrected chi connectivity index (χ2v) is 6.53. The molecule has 0 bridgehead atoms. The van der Waals surface area contributed by atoms with Crippen molar-refractivity contribution in [2.45, 2.75) is 38.3 Å². The zero-order valence-corrected chi connectivity index (χ0v) is 13.9. The summed E-state index contributed by atoms with van der Waals surface area (Å²) in [6, 6.07) is 9.25. The van der Waals surface area contributed by atoms with Gasteiger partial charge in [0.15, 0.2) is 0 Å². The average molecular weight is 333 g/mol. The number of carbonyl (C=O) groups excluding carboxylic acids is 1. The van der Waals surface area contributed by atoms with Gasteiger partial charge in [0.05, 0.1) is 5.69 Å². The summed E-state index contributed by atoms with van der Waals surface area (Å²) >= 11 is 5.90. The molecule has 6 heteroatoms. The molecule has 1 saturated heterocycles. The number of hydrogen-bond donors (Lipinski definition) is 2. The number of amides is 1. The first-order chi connectivity index (χ1) is 11.1. The van der Waals surface area contributed by atoms with Crippen molar-refractivity contribution in [2.75, 3.05) is 6.54 Å². The van der Waals surface area contributed by atoms with Gasteiger partial charge in [0.25, 0.3) is 5.91 Å². The molecule has 1 amide bonds. The Hall–Kier alpha value is -1.85. The summed E-state index contributed by atoms with van der Waals surface area (Å²) in [5.74, 6) is -0.0280. The summed E-state index contributed by atoms with van der Waals surface area (Å²) in [5, 5.41) is 7.79. The molecule has 2 heterocycles. The molecule has 1 aromatic heterocycles. The predicted octanol–water partition coefficient (Wildman–Crippen LogP) is 3.07. The Morgan fingerprint density at radius 2 is 2.13 bits per heavy atom. The van der Waals surface area contributed by atoms with E-state index in [0.29, 0.717) is 10.7 Å². The molecular formula is C17H21ClN4O.